The highest BCUT2D eigenvalue weighted by Gasteiger charge is 2.36. The lowest BCUT2D eigenvalue weighted by Gasteiger charge is -2.19. The number of carboxylic acid groups (broad SMARTS) is 1. The Labute approximate surface area is 67.1 Å². The summed E-state index contributed by atoms with van der Waals surface area (Å²) in [4.78, 5) is 9.84. The zero-order chi connectivity index (χ0) is 9.19. The van der Waals surface area contributed by atoms with Gasteiger partial charge in [0.25, 0.3) is 5.92 Å². The SMILES string of the molecule is O=C([O-])C(F)(F)CC1OCCO1. The quantitative estimate of drug-likeness (QED) is 0.568. The highest BCUT2D eigenvalue weighted by atomic mass is 19.3. The number of ether oxygens (including phenoxy) is 2. The Balaban J connectivity index is 2.42. The molecule has 1 rings (SSSR count). The van der Waals surface area contributed by atoms with Gasteiger partial charge in [0.15, 0.2) is 6.29 Å². The highest BCUT2D eigenvalue weighted by molar-refractivity contribution is 5.72. The molecule has 0 saturated carbocycles. The van der Waals surface area contributed by atoms with Crippen LogP contribution in [0.25, 0.3) is 0 Å². The van der Waals surface area contributed by atoms with Crippen molar-refractivity contribution >= 4 is 5.97 Å². The normalized spacial score (nSPS) is 19.8. The van der Waals surface area contributed by atoms with Gasteiger partial charge in [0.05, 0.1) is 19.6 Å². The lowest BCUT2D eigenvalue weighted by molar-refractivity contribution is -0.332. The molecule has 1 saturated heterocycles. The van der Waals surface area contributed by atoms with E-state index in [0.717, 1.165) is 0 Å². The second-order valence-corrected chi connectivity index (χ2v) is 2.37. The molecule has 6 heteroatoms. The lowest BCUT2D eigenvalue weighted by atomic mass is 10.2. The number of halogens is 2. The van der Waals surface area contributed by atoms with E-state index in [2.05, 4.69) is 9.47 Å². The summed E-state index contributed by atoms with van der Waals surface area (Å²) in [5, 5.41) is 9.84. The van der Waals surface area contributed by atoms with E-state index in [-0.39, 0.29) is 13.2 Å². The second-order valence-electron chi connectivity index (χ2n) is 2.37. The lowest BCUT2D eigenvalue weighted by Crippen LogP contribution is -2.43. The first-order chi connectivity index (χ1) is 5.52. The van der Waals surface area contributed by atoms with Gasteiger partial charge in [-0.05, 0) is 0 Å². The summed E-state index contributed by atoms with van der Waals surface area (Å²) in [6.07, 6.45) is -2.12. The van der Waals surface area contributed by atoms with E-state index in [1.165, 1.54) is 0 Å². The first-order valence-electron chi connectivity index (χ1n) is 3.35. The van der Waals surface area contributed by atoms with Crippen molar-refractivity contribution in [2.75, 3.05) is 13.2 Å². The van der Waals surface area contributed by atoms with Crippen molar-refractivity contribution < 1.29 is 28.2 Å². The summed E-state index contributed by atoms with van der Waals surface area (Å²) in [6.45, 7) is 0.432. The van der Waals surface area contributed by atoms with Gasteiger partial charge in [-0.2, -0.15) is 8.78 Å². The molecule has 0 aromatic rings. The Kier molecular flexibility index (Phi) is 2.58. The van der Waals surface area contributed by atoms with Gasteiger partial charge >= 0.3 is 0 Å². The zero-order valence-corrected chi connectivity index (χ0v) is 6.09. The third-order valence-electron chi connectivity index (χ3n) is 1.41. The molecule has 0 aromatic heterocycles. The van der Waals surface area contributed by atoms with Gasteiger partial charge in [-0.1, -0.05) is 0 Å². The van der Waals surface area contributed by atoms with Crippen LogP contribution in [0.3, 0.4) is 0 Å². The molecule has 0 atom stereocenters. The Hall–Kier alpha value is -0.750. The summed E-state index contributed by atoms with van der Waals surface area (Å²) in [5.74, 6) is -6.28. The van der Waals surface area contributed by atoms with Gasteiger partial charge in [-0.25, -0.2) is 0 Å². The molecule has 0 unspecified atom stereocenters. The molecule has 1 aliphatic heterocycles. The van der Waals surface area contributed by atoms with Gasteiger partial charge in [0.2, 0.25) is 0 Å². The maximum atomic E-state index is 12.4. The van der Waals surface area contributed by atoms with Crippen LogP contribution in [0, 0.1) is 0 Å². The summed E-state index contributed by atoms with van der Waals surface area (Å²) >= 11 is 0. The van der Waals surface area contributed by atoms with Gasteiger partial charge in [-0.3, -0.25) is 0 Å². The van der Waals surface area contributed by atoms with Gasteiger partial charge < -0.3 is 19.4 Å². The Morgan fingerprint density at radius 1 is 1.50 bits per heavy atom. The monoisotopic (exact) mass is 181 g/mol. The topological polar surface area (TPSA) is 58.6 Å². The van der Waals surface area contributed by atoms with Crippen molar-refractivity contribution in [2.24, 2.45) is 0 Å². The van der Waals surface area contributed by atoms with E-state index in [1.54, 1.807) is 0 Å². The fourth-order valence-corrected chi connectivity index (χ4v) is 0.818. The molecule has 0 bridgehead atoms. The Morgan fingerprint density at radius 2 is 2.00 bits per heavy atom. The number of aliphatic carboxylic acids is 1. The van der Waals surface area contributed by atoms with E-state index in [0.29, 0.717) is 0 Å². The third kappa shape index (κ3) is 2.12. The zero-order valence-electron chi connectivity index (χ0n) is 6.09. The fraction of sp³-hybridized carbons (Fsp3) is 0.833. The maximum absolute atomic E-state index is 12.4. The van der Waals surface area contributed by atoms with E-state index in [9.17, 15) is 18.7 Å². The summed E-state index contributed by atoms with van der Waals surface area (Å²) < 4.78 is 34.0. The predicted octanol–water partition coefficient (Wildman–Crippen LogP) is -0.865. The minimum absolute atomic E-state index is 0.216. The van der Waals surface area contributed by atoms with E-state index >= 15 is 0 Å². The van der Waals surface area contributed by atoms with Crippen molar-refractivity contribution in [3.05, 3.63) is 0 Å². The number of carboxylic acids is 1. The second kappa shape index (κ2) is 3.32. The number of hydrogen-bond donors (Lipinski definition) is 0. The molecule has 4 nitrogen and oxygen atoms in total. The number of alkyl halides is 2. The van der Waals surface area contributed by atoms with Crippen molar-refractivity contribution in [3.8, 4) is 0 Å². The first-order valence-corrected chi connectivity index (χ1v) is 3.35. The fourth-order valence-electron chi connectivity index (χ4n) is 0.818. The number of carbonyl (C=O) groups excluding carboxylic acids is 1. The predicted molar refractivity (Wildman–Crippen MR) is 30.3 cm³/mol. The van der Waals surface area contributed by atoms with Crippen molar-refractivity contribution in [1.82, 2.24) is 0 Å². The first kappa shape index (κ1) is 9.34. The van der Waals surface area contributed by atoms with Crippen LogP contribution >= 0.6 is 0 Å². The number of rotatable bonds is 3. The molecular weight excluding hydrogens is 174 g/mol. The van der Waals surface area contributed by atoms with Crippen LogP contribution in [-0.4, -0.2) is 31.4 Å². The van der Waals surface area contributed by atoms with Crippen LogP contribution < -0.4 is 5.11 Å². The number of hydrogen-bond acceptors (Lipinski definition) is 4. The maximum Gasteiger partial charge on any atom is 0.292 e. The van der Waals surface area contributed by atoms with Gasteiger partial charge in [0, 0.05) is 0 Å². The van der Waals surface area contributed by atoms with Crippen molar-refractivity contribution in [2.45, 2.75) is 18.6 Å². The van der Waals surface area contributed by atoms with Crippen LogP contribution in [0.5, 0.6) is 0 Å². The molecule has 12 heavy (non-hydrogen) atoms. The number of carbonyl (C=O) groups is 1. The van der Waals surface area contributed by atoms with Crippen LogP contribution in [0.2, 0.25) is 0 Å². The Bertz CT molecular complexity index is 176. The van der Waals surface area contributed by atoms with Gasteiger partial charge in [-0.15, -0.1) is 0 Å². The Morgan fingerprint density at radius 3 is 2.42 bits per heavy atom. The molecule has 70 valence electrons. The summed E-state index contributed by atoms with van der Waals surface area (Å²) in [6, 6.07) is 0. The molecule has 0 aliphatic carbocycles. The molecule has 1 fully saturated rings. The minimum Gasteiger partial charge on any atom is -0.544 e. The molecule has 0 spiro atoms. The molecular formula is C6H7F2O4-. The van der Waals surface area contributed by atoms with Gasteiger partial charge in [0.1, 0.15) is 5.97 Å². The third-order valence-corrected chi connectivity index (χ3v) is 1.41. The molecule has 0 N–H and O–H groups in total. The van der Waals surface area contributed by atoms with Crippen LogP contribution in [0.1, 0.15) is 6.42 Å². The van der Waals surface area contributed by atoms with E-state index in [4.69, 9.17) is 0 Å². The van der Waals surface area contributed by atoms with E-state index in [1.807, 2.05) is 0 Å². The molecule has 0 aromatic carbocycles. The average Bonchev–Trinajstić information content (AvgIpc) is 2.38. The average molecular weight is 181 g/mol. The highest BCUT2D eigenvalue weighted by Crippen LogP contribution is 2.23. The van der Waals surface area contributed by atoms with Crippen molar-refractivity contribution in [3.63, 3.8) is 0 Å². The molecule has 1 aliphatic rings. The minimum atomic E-state index is -3.88. The van der Waals surface area contributed by atoms with Crippen LogP contribution in [-0.2, 0) is 14.3 Å². The summed E-state index contributed by atoms with van der Waals surface area (Å²) in [7, 11) is 0. The standard InChI is InChI=1S/C6H8F2O4/c7-6(8,5(9)10)3-4-11-1-2-12-4/h4H,1-3H2,(H,9,10)/p-1. The van der Waals surface area contributed by atoms with E-state index < -0.39 is 24.6 Å². The molecule has 0 amide bonds. The molecule has 1 heterocycles. The van der Waals surface area contributed by atoms with Crippen LogP contribution in [0.4, 0.5) is 8.78 Å². The van der Waals surface area contributed by atoms with Crippen LogP contribution in [0.15, 0.2) is 0 Å². The summed E-state index contributed by atoms with van der Waals surface area (Å²) in [5.41, 5.74) is 0. The smallest absolute Gasteiger partial charge is 0.292 e. The molecule has 0 radical (unpaired) electrons. The van der Waals surface area contributed by atoms with Crippen molar-refractivity contribution in [1.29, 1.82) is 0 Å². The largest absolute Gasteiger partial charge is 0.544 e.